The predicted molar refractivity (Wildman–Crippen MR) is 91.6 cm³/mol. The lowest BCUT2D eigenvalue weighted by molar-refractivity contribution is -0.141. The number of nitrogens with zero attached hydrogens (tertiary/aromatic N) is 2. The van der Waals surface area contributed by atoms with Crippen molar-refractivity contribution in [2.45, 2.75) is 32.2 Å². The Morgan fingerprint density at radius 2 is 2.08 bits per heavy atom. The lowest BCUT2D eigenvalue weighted by Crippen LogP contribution is -2.41. The third-order valence-corrected chi connectivity index (χ3v) is 5.15. The molecular formula is C19H19F2N3O2. The zero-order valence-corrected chi connectivity index (χ0v) is 14.3. The minimum absolute atomic E-state index is 0.328. The number of amides is 1. The topological polar surface area (TPSA) is 62.1 Å². The highest BCUT2D eigenvalue weighted by Crippen LogP contribution is 2.61. The van der Waals surface area contributed by atoms with E-state index in [0.717, 1.165) is 22.4 Å². The number of nitrogens with one attached hydrogen (secondary N) is 1. The zero-order chi connectivity index (χ0) is 18.4. The molecule has 0 saturated heterocycles. The number of carbonyl (C=O) groups excluding carboxylic acids is 1. The molecule has 1 fully saturated rings. The van der Waals surface area contributed by atoms with Crippen LogP contribution in [0, 0.1) is 5.41 Å². The number of H-pyrrole nitrogens is 1. The van der Waals surface area contributed by atoms with Crippen LogP contribution in [0.1, 0.15) is 24.7 Å². The van der Waals surface area contributed by atoms with Crippen LogP contribution in [-0.2, 0) is 17.8 Å². The number of hydrogen-bond acceptors (Lipinski definition) is 3. The lowest BCUT2D eigenvalue weighted by atomic mass is 10.0. The Bertz CT molecular complexity index is 919. The van der Waals surface area contributed by atoms with Crippen LogP contribution < -0.4 is 0 Å². The van der Waals surface area contributed by atoms with Gasteiger partial charge in [-0.1, -0.05) is 18.2 Å². The summed E-state index contributed by atoms with van der Waals surface area (Å²) in [7, 11) is 0. The van der Waals surface area contributed by atoms with Crippen molar-refractivity contribution in [3.8, 4) is 0 Å². The van der Waals surface area contributed by atoms with Gasteiger partial charge in [0.25, 0.3) is 5.92 Å². The van der Waals surface area contributed by atoms with E-state index < -0.39 is 17.2 Å². The van der Waals surface area contributed by atoms with Gasteiger partial charge in [0.2, 0.25) is 5.91 Å². The number of aromatic nitrogens is 2. The van der Waals surface area contributed by atoms with E-state index in [9.17, 15) is 13.6 Å². The second-order valence-electron chi connectivity index (χ2n) is 6.98. The maximum Gasteiger partial charge on any atom is 0.263 e. The molecule has 0 radical (unpaired) electrons. The summed E-state index contributed by atoms with van der Waals surface area (Å²) in [6, 6.07) is 9.90. The Hall–Kier alpha value is -2.70. The Labute approximate surface area is 149 Å². The number of aromatic amines is 1. The molecule has 26 heavy (non-hydrogen) atoms. The minimum Gasteiger partial charge on any atom is -0.464 e. The number of alkyl halides is 2. The lowest BCUT2D eigenvalue weighted by Gasteiger charge is -2.28. The van der Waals surface area contributed by atoms with Gasteiger partial charge in [-0.25, -0.2) is 13.8 Å². The highest BCUT2D eigenvalue weighted by atomic mass is 19.3. The number of para-hydroxylation sites is 1. The van der Waals surface area contributed by atoms with Crippen LogP contribution in [0.2, 0.25) is 0 Å². The summed E-state index contributed by atoms with van der Waals surface area (Å²) in [5.74, 6) is -3.28. The van der Waals surface area contributed by atoms with Gasteiger partial charge in [-0.2, -0.15) is 0 Å². The molecule has 1 amide bonds. The Kier molecular flexibility index (Phi) is 3.82. The van der Waals surface area contributed by atoms with Gasteiger partial charge < -0.3 is 14.3 Å². The van der Waals surface area contributed by atoms with Crippen molar-refractivity contribution in [1.29, 1.82) is 0 Å². The molecule has 1 unspecified atom stereocenters. The molecule has 5 rings (SSSR count). The van der Waals surface area contributed by atoms with E-state index in [1.54, 1.807) is 12.6 Å². The SMILES string of the molecule is CC1(C(=O)N2CCc3nc[nH]c3C2)CC1(F)F.c1ccc2occc2c1. The molecule has 0 bridgehead atoms. The third-order valence-electron chi connectivity index (χ3n) is 5.15. The molecular weight excluding hydrogens is 340 g/mol. The van der Waals surface area contributed by atoms with Crippen molar-refractivity contribution in [3.63, 3.8) is 0 Å². The highest BCUT2D eigenvalue weighted by molar-refractivity contribution is 5.87. The van der Waals surface area contributed by atoms with Gasteiger partial charge in [0, 0.05) is 24.8 Å². The molecule has 1 aliphatic carbocycles. The van der Waals surface area contributed by atoms with Crippen molar-refractivity contribution >= 4 is 16.9 Å². The number of halogens is 2. The van der Waals surface area contributed by atoms with E-state index in [2.05, 4.69) is 9.97 Å². The van der Waals surface area contributed by atoms with Crippen molar-refractivity contribution < 1.29 is 18.0 Å². The summed E-state index contributed by atoms with van der Waals surface area (Å²) < 4.78 is 31.4. The van der Waals surface area contributed by atoms with Crippen LogP contribution in [0.4, 0.5) is 8.78 Å². The van der Waals surface area contributed by atoms with E-state index in [0.29, 0.717) is 19.5 Å². The predicted octanol–water partition coefficient (Wildman–Crippen LogP) is 3.77. The highest BCUT2D eigenvalue weighted by Gasteiger charge is 2.73. The first kappa shape index (κ1) is 16.8. The molecule has 1 saturated carbocycles. The van der Waals surface area contributed by atoms with E-state index in [1.807, 2.05) is 30.3 Å². The summed E-state index contributed by atoms with van der Waals surface area (Å²) in [5, 5.41) is 1.16. The van der Waals surface area contributed by atoms with E-state index in [4.69, 9.17) is 4.42 Å². The van der Waals surface area contributed by atoms with Crippen LogP contribution in [0.25, 0.3) is 11.0 Å². The first-order chi connectivity index (χ1) is 12.4. The molecule has 136 valence electrons. The molecule has 1 atom stereocenters. The van der Waals surface area contributed by atoms with E-state index in [1.165, 1.54) is 11.8 Å². The molecule has 5 nitrogen and oxygen atoms in total. The molecule has 1 N–H and O–H groups in total. The van der Waals surface area contributed by atoms with E-state index >= 15 is 0 Å². The van der Waals surface area contributed by atoms with Gasteiger partial charge >= 0.3 is 0 Å². The summed E-state index contributed by atoms with van der Waals surface area (Å²) in [4.78, 5) is 20.6. The fraction of sp³-hybridized carbons (Fsp3) is 0.368. The van der Waals surface area contributed by atoms with E-state index in [-0.39, 0.29) is 6.42 Å². The van der Waals surface area contributed by atoms with Crippen LogP contribution in [0.15, 0.2) is 47.3 Å². The maximum absolute atomic E-state index is 13.2. The summed E-state index contributed by atoms with van der Waals surface area (Å²) in [6.07, 6.45) is 3.58. The molecule has 3 aromatic rings. The van der Waals surface area contributed by atoms with Crippen LogP contribution in [-0.4, -0.2) is 33.2 Å². The normalized spacial score (nSPS) is 23.1. The first-order valence-corrected chi connectivity index (χ1v) is 8.51. The standard InChI is InChI=1S/C11H13F2N3O.C8H6O/c1-10(5-11(10,12)13)9(17)16-3-2-7-8(4-16)15-6-14-7;1-2-4-8-7(3-1)5-6-9-8/h6H,2-5H2,1H3,(H,14,15);1-6H. The average Bonchev–Trinajstić information content (AvgIpc) is 3.07. The van der Waals surface area contributed by atoms with Gasteiger partial charge in [-0.3, -0.25) is 4.79 Å². The fourth-order valence-electron chi connectivity index (χ4n) is 3.27. The smallest absolute Gasteiger partial charge is 0.263 e. The van der Waals surface area contributed by atoms with Crippen molar-refractivity contribution in [3.05, 3.63) is 54.3 Å². The Balaban J connectivity index is 0.000000157. The molecule has 0 spiro atoms. The van der Waals surface area contributed by atoms with Gasteiger partial charge in [-0.05, 0) is 19.1 Å². The Morgan fingerprint density at radius 3 is 2.81 bits per heavy atom. The second kappa shape index (κ2) is 5.93. The molecule has 2 aromatic heterocycles. The molecule has 1 aromatic carbocycles. The Morgan fingerprint density at radius 1 is 1.31 bits per heavy atom. The number of fused-ring (bicyclic) bond motifs is 2. The monoisotopic (exact) mass is 359 g/mol. The zero-order valence-electron chi connectivity index (χ0n) is 14.3. The number of imidazole rings is 1. The van der Waals surface area contributed by atoms with Crippen LogP contribution in [0.3, 0.4) is 0 Å². The molecule has 1 aliphatic heterocycles. The number of furan rings is 1. The minimum atomic E-state index is -2.83. The van der Waals surface area contributed by atoms with Gasteiger partial charge in [0.05, 0.1) is 30.5 Å². The number of carbonyl (C=O) groups is 1. The number of hydrogen-bond donors (Lipinski definition) is 1. The van der Waals surface area contributed by atoms with Gasteiger partial charge in [0.15, 0.2) is 0 Å². The van der Waals surface area contributed by atoms with Crippen LogP contribution in [0.5, 0.6) is 0 Å². The summed E-state index contributed by atoms with van der Waals surface area (Å²) in [6.45, 7) is 2.18. The van der Waals surface area contributed by atoms with Crippen molar-refractivity contribution in [2.24, 2.45) is 5.41 Å². The molecule has 2 aliphatic rings. The van der Waals surface area contributed by atoms with Crippen molar-refractivity contribution in [1.82, 2.24) is 14.9 Å². The fourth-order valence-corrected chi connectivity index (χ4v) is 3.27. The third kappa shape index (κ3) is 2.77. The average molecular weight is 359 g/mol. The number of rotatable bonds is 1. The van der Waals surface area contributed by atoms with Crippen molar-refractivity contribution in [2.75, 3.05) is 6.54 Å². The number of benzene rings is 1. The van der Waals surface area contributed by atoms with Gasteiger partial charge in [0.1, 0.15) is 11.0 Å². The quantitative estimate of drug-likeness (QED) is 0.719. The first-order valence-electron chi connectivity index (χ1n) is 8.51. The second-order valence-corrected chi connectivity index (χ2v) is 6.98. The molecule has 3 heterocycles. The summed E-state index contributed by atoms with van der Waals surface area (Å²) >= 11 is 0. The van der Waals surface area contributed by atoms with Crippen LogP contribution >= 0.6 is 0 Å². The largest absolute Gasteiger partial charge is 0.464 e. The summed E-state index contributed by atoms with van der Waals surface area (Å²) in [5.41, 5.74) is 1.27. The maximum atomic E-state index is 13.2. The molecule has 7 heteroatoms. The van der Waals surface area contributed by atoms with Gasteiger partial charge in [-0.15, -0.1) is 0 Å².